The first-order valence-corrected chi connectivity index (χ1v) is 9.90. The van der Waals surface area contributed by atoms with Crippen LogP contribution in [-0.2, 0) is 6.61 Å². The van der Waals surface area contributed by atoms with E-state index in [1.54, 1.807) is 12.1 Å². The number of ether oxygens (including phenoxy) is 1. The third-order valence-corrected chi connectivity index (χ3v) is 4.97. The number of piperidine rings is 1. The number of carbonyl (C=O) groups is 1. The Morgan fingerprint density at radius 1 is 1.19 bits per heavy atom. The van der Waals surface area contributed by atoms with E-state index in [0.29, 0.717) is 11.5 Å². The average Bonchev–Trinajstić information content (AvgIpc) is 3.11. The quantitative estimate of drug-likeness (QED) is 0.727. The minimum Gasteiger partial charge on any atom is -0.486 e. The van der Waals surface area contributed by atoms with E-state index in [-0.39, 0.29) is 18.6 Å². The maximum Gasteiger partial charge on any atom is 0.287 e. The number of furan rings is 1. The lowest BCUT2D eigenvalue weighted by Gasteiger charge is -2.29. The summed E-state index contributed by atoms with van der Waals surface area (Å²) in [5.41, 5.74) is 0. The van der Waals surface area contributed by atoms with E-state index in [9.17, 15) is 4.79 Å². The highest BCUT2D eigenvalue weighted by Crippen LogP contribution is 2.18. The molecule has 2 heterocycles. The molecule has 6 heteroatoms. The number of nitrogens with zero attached hydrogens (tertiary/aromatic N) is 1. The Bertz CT molecular complexity index is 708. The highest BCUT2D eigenvalue weighted by atomic mass is 79.9. The van der Waals surface area contributed by atoms with E-state index in [4.69, 9.17) is 9.15 Å². The molecule has 0 saturated carbocycles. The number of amides is 1. The SMILES string of the molecule is C[C@H](CN1CCCCC1)NC(=O)c1ccc(COc2ccc(Br)cc2)o1. The fourth-order valence-electron chi connectivity index (χ4n) is 3.13. The summed E-state index contributed by atoms with van der Waals surface area (Å²) >= 11 is 3.39. The molecule has 1 aromatic heterocycles. The van der Waals surface area contributed by atoms with Gasteiger partial charge in [-0.3, -0.25) is 4.79 Å². The lowest BCUT2D eigenvalue weighted by molar-refractivity contribution is 0.0893. The Balaban J connectivity index is 1.46. The lowest BCUT2D eigenvalue weighted by Crippen LogP contribution is -2.43. The molecule has 0 spiro atoms. The van der Waals surface area contributed by atoms with Gasteiger partial charge in [0.05, 0.1) is 0 Å². The Morgan fingerprint density at radius 2 is 1.92 bits per heavy atom. The Labute approximate surface area is 162 Å². The predicted octanol–water partition coefficient (Wildman–Crippen LogP) is 4.23. The third kappa shape index (κ3) is 5.61. The number of hydrogen-bond acceptors (Lipinski definition) is 4. The minimum atomic E-state index is -0.176. The van der Waals surface area contributed by atoms with Crippen LogP contribution in [0.5, 0.6) is 5.75 Å². The normalized spacial score (nSPS) is 16.2. The van der Waals surface area contributed by atoms with Crippen molar-refractivity contribution in [3.8, 4) is 5.75 Å². The number of benzene rings is 1. The monoisotopic (exact) mass is 420 g/mol. The molecule has 1 N–H and O–H groups in total. The van der Waals surface area contributed by atoms with Crippen LogP contribution in [0.2, 0.25) is 0 Å². The predicted molar refractivity (Wildman–Crippen MR) is 104 cm³/mol. The van der Waals surface area contributed by atoms with Crippen LogP contribution in [0.25, 0.3) is 0 Å². The number of hydrogen-bond donors (Lipinski definition) is 1. The molecule has 0 aliphatic carbocycles. The van der Waals surface area contributed by atoms with E-state index in [0.717, 1.165) is 29.9 Å². The van der Waals surface area contributed by atoms with Gasteiger partial charge in [0.25, 0.3) is 5.91 Å². The first-order valence-electron chi connectivity index (χ1n) is 9.10. The average molecular weight is 421 g/mol. The molecular weight excluding hydrogens is 396 g/mol. The summed E-state index contributed by atoms with van der Waals surface area (Å²) < 4.78 is 12.3. The molecule has 1 atom stereocenters. The zero-order chi connectivity index (χ0) is 18.4. The topological polar surface area (TPSA) is 54.7 Å². The van der Waals surface area contributed by atoms with Crippen LogP contribution in [0.15, 0.2) is 45.3 Å². The molecule has 26 heavy (non-hydrogen) atoms. The summed E-state index contributed by atoms with van der Waals surface area (Å²) in [5.74, 6) is 1.53. The Hall–Kier alpha value is -1.79. The number of nitrogens with one attached hydrogen (secondary N) is 1. The van der Waals surface area contributed by atoms with Crippen LogP contribution in [0, 0.1) is 0 Å². The summed E-state index contributed by atoms with van der Waals surface area (Å²) in [4.78, 5) is 14.8. The van der Waals surface area contributed by atoms with Gasteiger partial charge in [-0.15, -0.1) is 0 Å². The largest absolute Gasteiger partial charge is 0.486 e. The molecule has 3 rings (SSSR count). The second-order valence-electron chi connectivity index (χ2n) is 6.74. The summed E-state index contributed by atoms with van der Waals surface area (Å²) in [7, 11) is 0. The molecule has 140 valence electrons. The highest BCUT2D eigenvalue weighted by molar-refractivity contribution is 9.10. The summed E-state index contributed by atoms with van der Waals surface area (Å²) in [6.07, 6.45) is 3.82. The van der Waals surface area contributed by atoms with Gasteiger partial charge in [0.2, 0.25) is 0 Å². The van der Waals surface area contributed by atoms with Crippen molar-refractivity contribution in [2.45, 2.75) is 38.8 Å². The third-order valence-electron chi connectivity index (χ3n) is 4.44. The first kappa shape index (κ1) is 19.0. The van der Waals surface area contributed by atoms with Crippen molar-refractivity contribution in [1.29, 1.82) is 0 Å². The van der Waals surface area contributed by atoms with Crippen molar-refractivity contribution in [3.05, 3.63) is 52.4 Å². The number of carbonyl (C=O) groups excluding carboxylic acids is 1. The van der Waals surface area contributed by atoms with Gasteiger partial charge >= 0.3 is 0 Å². The lowest BCUT2D eigenvalue weighted by atomic mass is 10.1. The van der Waals surface area contributed by atoms with E-state index < -0.39 is 0 Å². The van der Waals surface area contributed by atoms with Gasteiger partial charge in [-0.1, -0.05) is 22.4 Å². The van der Waals surface area contributed by atoms with Crippen LogP contribution < -0.4 is 10.1 Å². The Morgan fingerprint density at radius 3 is 2.65 bits per heavy atom. The highest BCUT2D eigenvalue weighted by Gasteiger charge is 2.17. The van der Waals surface area contributed by atoms with Crippen LogP contribution in [0.1, 0.15) is 42.5 Å². The number of rotatable bonds is 7. The van der Waals surface area contributed by atoms with Gasteiger partial charge < -0.3 is 19.4 Å². The van der Waals surface area contributed by atoms with E-state index >= 15 is 0 Å². The van der Waals surface area contributed by atoms with Gasteiger partial charge in [0.1, 0.15) is 18.1 Å². The standard InChI is InChI=1S/C20H25BrN2O3/c1-15(13-23-11-3-2-4-12-23)22-20(24)19-10-9-18(26-19)14-25-17-7-5-16(21)6-8-17/h5-10,15H,2-4,11-14H2,1H3,(H,22,24)/t15-/m1/s1. The van der Waals surface area contributed by atoms with Gasteiger partial charge in [-0.25, -0.2) is 0 Å². The summed E-state index contributed by atoms with van der Waals surface area (Å²) in [6.45, 7) is 5.45. The zero-order valence-corrected chi connectivity index (χ0v) is 16.6. The molecule has 5 nitrogen and oxygen atoms in total. The van der Waals surface area contributed by atoms with Crippen molar-refractivity contribution < 1.29 is 13.9 Å². The van der Waals surface area contributed by atoms with Gasteiger partial charge in [0, 0.05) is 17.1 Å². The molecular formula is C20H25BrN2O3. The van der Waals surface area contributed by atoms with Crippen LogP contribution >= 0.6 is 15.9 Å². The van der Waals surface area contributed by atoms with Crippen LogP contribution in [0.3, 0.4) is 0 Å². The van der Waals surface area contributed by atoms with Gasteiger partial charge in [0.15, 0.2) is 5.76 Å². The molecule has 2 aromatic rings. The van der Waals surface area contributed by atoms with Crippen LogP contribution in [0.4, 0.5) is 0 Å². The van der Waals surface area contributed by atoms with Crippen molar-refractivity contribution in [3.63, 3.8) is 0 Å². The first-order chi connectivity index (χ1) is 12.6. The maximum absolute atomic E-state index is 12.4. The van der Waals surface area contributed by atoms with Crippen molar-refractivity contribution in [2.24, 2.45) is 0 Å². The number of halogens is 1. The molecule has 1 saturated heterocycles. The smallest absolute Gasteiger partial charge is 0.287 e. The molecule has 1 amide bonds. The van der Waals surface area contributed by atoms with E-state index in [1.165, 1.54) is 19.3 Å². The molecule has 1 aliphatic rings. The summed E-state index contributed by atoms with van der Waals surface area (Å²) in [5, 5.41) is 3.02. The zero-order valence-electron chi connectivity index (χ0n) is 15.0. The second kappa shape index (κ2) is 9.24. The summed E-state index contributed by atoms with van der Waals surface area (Å²) in [6, 6.07) is 11.2. The fraction of sp³-hybridized carbons (Fsp3) is 0.450. The van der Waals surface area contributed by atoms with Gasteiger partial charge in [-0.05, 0) is 69.3 Å². The molecule has 1 fully saturated rings. The molecule has 0 radical (unpaired) electrons. The van der Waals surface area contributed by atoms with E-state index in [1.807, 2.05) is 31.2 Å². The van der Waals surface area contributed by atoms with Crippen molar-refractivity contribution in [2.75, 3.05) is 19.6 Å². The van der Waals surface area contributed by atoms with Crippen molar-refractivity contribution >= 4 is 21.8 Å². The number of likely N-dealkylation sites (tertiary alicyclic amines) is 1. The Kier molecular flexibility index (Phi) is 6.74. The van der Waals surface area contributed by atoms with Crippen LogP contribution in [-0.4, -0.2) is 36.5 Å². The van der Waals surface area contributed by atoms with Gasteiger partial charge in [-0.2, -0.15) is 0 Å². The van der Waals surface area contributed by atoms with Crippen molar-refractivity contribution in [1.82, 2.24) is 10.2 Å². The molecule has 1 aromatic carbocycles. The maximum atomic E-state index is 12.4. The molecule has 0 bridgehead atoms. The molecule has 1 aliphatic heterocycles. The minimum absolute atomic E-state index is 0.0909. The molecule has 0 unspecified atom stereocenters. The second-order valence-corrected chi connectivity index (χ2v) is 7.66. The van der Waals surface area contributed by atoms with E-state index in [2.05, 4.69) is 26.1 Å². The fourth-order valence-corrected chi connectivity index (χ4v) is 3.40.